The first-order valence-corrected chi connectivity index (χ1v) is 4.33. The van der Waals surface area contributed by atoms with E-state index in [0.717, 1.165) is 10.7 Å². The highest BCUT2D eigenvalue weighted by Gasteiger charge is 1.99. The second-order valence-electron chi connectivity index (χ2n) is 1.99. The number of nitrogens with zero attached hydrogens (tertiary/aromatic N) is 1. The van der Waals surface area contributed by atoms with E-state index in [1.54, 1.807) is 11.3 Å². The molecular formula is C6H5N3S2. The van der Waals surface area contributed by atoms with Crippen LogP contribution in [-0.4, -0.2) is 15.2 Å². The second-order valence-corrected chi connectivity index (χ2v) is 3.33. The number of aromatic amines is 2. The minimum absolute atomic E-state index is 0.494. The van der Waals surface area contributed by atoms with E-state index in [4.69, 9.17) is 12.2 Å². The van der Waals surface area contributed by atoms with Gasteiger partial charge in [0, 0.05) is 0 Å². The van der Waals surface area contributed by atoms with Gasteiger partial charge in [0.15, 0.2) is 5.82 Å². The molecule has 0 amide bonds. The van der Waals surface area contributed by atoms with Crippen LogP contribution >= 0.6 is 23.6 Å². The van der Waals surface area contributed by atoms with Crippen molar-refractivity contribution in [1.29, 1.82) is 0 Å². The maximum absolute atomic E-state index is 4.81. The highest BCUT2D eigenvalue weighted by Crippen LogP contribution is 2.19. The summed E-state index contributed by atoms with van der Waals surface area (Å²) in [4.78, 5) is 5.16. The van der Waals surface area contributed by atoms with Gasteiger partial charge in [0.25, 0.3) is 0 Å². The predicted octanol–water partition coefficient (Wildman–Crippen LogP) is 2.20. The Bertz CT molecular complexity index is 384. The molecule has 0 radical (unpaired) electrons. The van der Waals surface area contributed by atoms with Crippen LogP contribution in [0.15, 0.2) is 17.5 Å². The van der Waals surface area contributed by atoms with Crippen LogP contribution in [0.25, 0.3) is 10.7 Å². The Kier molecular flexibility index (Phi) is 1.59. The number of hydrogen-bond acceptors (Lipinski definition) is 3. The van der Waals surface area contributed by atoms with Crippen molar-refractivity contribution in [3.05, 3.63) is 22.3 Å². The van der Waals surface area contributed by atoms with Gasteiger partial charge in [0.2, 0.25) is 4.77 Å². The molecule has 2 rings (SSSR count). The topological polar surface area (TPSA) is 44.5 Å². The van der Waals surface area contributed by atoms with Gasteiger partial charge in [-0.1, -0.05) is 6.07 Å². The molecular weight excluding hydrogens is 178 g/mol. The van der Waals surface area contributed by atoms with Crippen molar-refractivity contribution in [1.82, 2.24) is 15.2 Å². The number of nitrogens with one attached hydrogen (secondary N) is 2. The van der Waals surface area contributed by atoms with Gasteiger partial charge in [-0.25, -0.2) is 0 Å². The van der Waals surface area contributed by atoms with Crippen LogP contribution in [0.3, 0.4) is 0 Å². The number of aromatic nitrogens is 3. The molecule has 2 heterocycles. The van der Waals surface area contributed by atoms with Crippen LogP contribution < -0.4 is 0 Å². The summed E-state index contributed by atoms with van der Waals surface area (Å²) >= 11 is 6.44. The first-order chi connectivity index (χ1) is 5.36. The van der Waals surface area contributed by atoms with Crippen LogP contribution in [-0.2, 0) is 0 Å². The quantitative estimate of drug-likeness (QED) is 0.666. The summed E-state index contributed by atoms with van der Waals surface area (Å²) in [6, 6.07) is 3.97. The Balaban J connectivity index is 2.53. The molecule has 0 saturated heterocycles. The highest BCUT2D eigenvalue weighted by molar-refractivity contribution is 7.71. The molecule has 0 aliphatic carbocycles. The van der Waals surface area contributed by atoms with Crippen molar-refractivity contribution in [3.63, 3.8) is 0 Å². The molecule has 0 spiro atoms. The number of hydrogen-bond donors (Lipinski definition) is 2. The molecule has 0 aliphatic heterocycles. The lowest BCUT2D eigenvalue weighted by molar-refractivity contribution is 1.08. The van der Waals surface area contributed by atoms with Crippen LogP contribution in [0.4, 0.5) is 0 Å². The highest BCUT2D eigenvalue weighted by atomic mass is 32.1. The zero-order valence-corrected chi connectivity index (χ0v) is 7.13. The van der Waals surface area contributed by atoms with Crippen LogP contribution in [0.2, 0.25) is 0 Å². The number of thiophene rings is 1. The van der Waals surface area contributed by atoms with E-state index < -0.39 is 0 Å². The summed E-state index contributed by atoms with van der Waals surface area (Å²) < 4.78 is 0.494. The molecule has 0 aliphatic rings. The van der Waals surface area contributed by atoms with E-state index in [0.29, 0.717) is 4.77 Å². The van der Waals surface area contributed by atoms with E-state index in [1.165, 1.54) is 0 Å². The molecule has 0 aromatic carbocycles. The summed E-state index contributed by atoms with van der Waals surface area (Å²) in [5.74, 6) is 0.810. The third kappa shape index (κ3) is 1.24. The molecule has 5 heteroatoms. The van der Waals surface area contributed by atoms with E-state index in [1.807, 2.05) is 17.5 Å². The Morgan fingerprint density at radius 3 is 2.91 bits per heavy atom. The molecule has 2 aromatic rings. The molecule has 0 saturated carbocycles. The van der Waals surface area contributed by atoms with Crippen molar-refractivity contribution >= 4 is 23.6 Å². The summed E-state index contributed by atoms with van der Waals surface area (Å²) in [7, 11) is 0. The average molecular weight is 183 g/mol. The Labute approximate surface area is 72.1 Å². The minimum atomic E-state index is 0.494. The maximum Gasteiger partial charge on any atom is 0.213 e. The van der Waals surface area contributed by atoms with E-state index in [-0.39, 0.29) is 0 Å². The molecule has 0 fully saturated rings. The Morgan fingerprint density at radius 2 is 2.36 bits per heavy atom. The second kappa shape index (κ2) is 2.60. The molecule has 0 atom stereocenters. The Morgan fingerprint density at radius 1 is 1.45 bits per heavy atom. The first kappa shape index (κ1) is 6.75. The average Bonchev–Trinajstić information content (AvgIpc) is 2.55. The van der Waals surface area contributed by atoms with E-state index >= 15 is 0 Å². The fraction of sp³-hybridized carbons (Fsp3) is 0. The lowest BCUT2D eigenvalue weighted by Gasteiger charge is -1.83. The van der Waals surface area contributed by atoms with E-state index in [2.05, 4.69) is 15.2 Å². The van der Waals surface area contributed by atoms with Crippen molar-refractivity contribution in [3.8, 4) is 10.7 Å². The third-order valence-electron chi connectivity index (χ3n) is 1.26. The monoisotopic (exact) mass is 183 g/mol. The first-order valence-electron chi connectivity index (χ1n) is 3.05. The summed E-state index contributed by atoms with van der Waals surface area (Å²) in [5, 5.41) is 7.62. The van der Waals surface area contributed by atoms with Crippen LogP contribution in [0, 0.1) is 4.77 Å². The number of rotatable bonds is 1. The van der Waals surface area contributed by atoms with Crippen LogP contribution in [0.1, 0.15) is 0 Å². The molecule has 2 N–H and O–H groups in total. The van der Waals surface area contributed by atoms with Gasteiger partial charge in [0.05, 0.1) is 4.88 Å². The van der Waals surface area contributed by atoms with Crippen molar-refractivity contribution in [2.75, 3.05) is 0 Å². The molecule has 3 nitrogen and oxygen atoms in total. The van der Waals surface area contributed by atoms with Gasteiger partial charge in [0.1, 0.15) is 0 Å². The summed E-state index contributed by atoms with van der Waals surface area (Å²) in [5.41, 5.74) is 0. The fourth-order valence-corrected chi connectivity index (χ4v) is 1.61. The zero-order valence-electron chi connectivity index (χ0n) is 5.50. The number of H-pyrrole nitrogens is 2. The summed E-state index contributed by atoms with van der Waals surface area (Å²) in [6.07, 6.45) is 0. The molecule has 0 unspecified atom stereocenters. The smallest absolute Gasteiger partial charge is 0.213 e. The van der Waals surface area contributed by atoms with Gasteiger partial charge >= 0.3 is 0 Å². The molecule has 56 valence electrons. The van der Waals surface area contributed by atoms with Crippen molar-refractivity contribution in [2.45, 2.75) is 0 Å². The zero-order chi connectivity index (χ0) is 7.68. The lowest BCUT2D eigenvalue weighted by Crippen LogP contribution is -1.72. The maximum atomic E-state index is 4.81. The van der Waals surface area contributed by atoms with Crippen LogP contribution in [0.5, 0.6) is 0 Å². The minimum Gasteiger partial charge on any atom is -0.281 e. The van der Waals surface area contributed by atoms with Gasteiger partial charge in [-0.15, -0.1) is 11.3 Å². The third-order valence-corrected chi connectivity index (χ3v) is 2.33. The Hall–Kier alpha value is -0.940. The molecule has 0 bridgehead atoms. The summed E-state index contributed by atoms with van der Waals surface area (Å²) in [6.45, 7) is 0. The van der Waals surface area contributed by atoms with Gasteiger partial charge < -0.3 is 0 Å². The normalized spacial score (nSPS) is 10.2. The fourth-order valence-electron chi connectivity index (χ4n) is 0.800. The van der Waals surface area contributed by atoms with Gasteiger partial charge in [-0.3, -0.25) is 10.2 Å². The molecule has 11 heavy (non-hydrogen) atoms. The standard InChI is InChI=1S/C6H5N3S2/c10-6-7-5(8-9-6)4-2-1-3-11-4/h1-3H,(H2,7,8,9,10). The SMILES string of the molecule is S=c1nc(-c2cccs2)[nH][nH]1. The van der Waals surface area contributed by atoms with Gasteiger partial charge in [-0.2, -0.15) is 4.98 Å². The largest absolute Gasteiger partial charge is 0.281 e. The van der Waals surface area contributed by atoms with E-state index in [9.17, 15) is 0 Å². The van der Waals surface area contributed by atoms with Gasteiger partial charge in [-0.05, 0) is 23.7 Å². The van der Waals surface area contributed by atoms with Crippen molar-refractivity contribution in [2.24, 2.45) is 0 Å². The van der Waals surface area contributed by atoms with Crippen molar-refractivity contribution < 1.29 is 0 Å². The lowest BCUT2D eigenvalue weighted by atomic mass is 10.5. The predicted molar refractivity (Wildman–Crippen MR) is 47.1 cm³/mol. The molecule has 2 aromatic heterocycles.